The topological polar surface area (TPSA) is 119 Å². The molecule has 0 atom stereocenters. The molecule has 9 heteroatoms. The number of amides is 1. The largest absolute Gasteiger partial charge is 0.402 e. The monoisotopic (exact) mass is 432 g/mol. The fraction of sp³-hybridized carbons (Fsp3) is 0.350. The van der Waals surface area contributed by atoms with Crippen LogP contribution >= 0.6 is 23.1 Å². The number of allylic oxidation sites excluding steroid dienone is 3. The van der Waals surface area contributed by atoms with Crippen LogP contribution in [0.5, 0.6) is 0 Å². The van der Waals surface area contributed by atoms with Crippen molar-refractivity contribution >= 4 is 34.1 Å². The van der Waals surface area contributed by atoms with Crippen LogP contribution in [0, 0.1) is 0 Å². The van der Waals surface area contributed by atoms with Crippen molar-refractivity contribution < 1.29 is 4.79 Å². The summed E-state index contributed by atoms with van der Waals surface area (Å²) in [6, 6.07) is 7.97. The molecule has 29 heavy (non-hydrogen) atoms. The van der Waals surface area contributed by atoms with Gasteiger partial charge in [-0.25, -0.2) is 0 Å². The van der Waals surface area contributed by atoms with Gasteiger partial charge in [-0.3, -0.25) is 4.79 Å². The second kappa shape index (κ2) is 12.1. The highest BCUT2D eigenvalue weighted by molar-refractivity contribution is 7.98. The molecule has 0 unspecified atom stereocenters. The van der Waals surface area contributed by atoms with E-state index >= 15 is 0 Å². The molecule has 1 amide bonds. The molecule has 0 radical (unpaired) electrons. The summed E-state index contributed by atoms with van der Waals surface area (Å²) in [5.41, 5.74) is 13.4. The van der Waals surface area contributed by atoms with E-state index < -0.39 is 0 Å². The van der Waals surface area contributed by atoms with Gasteiger partial charge in [0, 0.05) is 24.1 Å². The Kier molecular flexibility index (Phi) is 9.52. The van der Waals surface area contributed by atoms with Crippen LogP contribution in [-0.4, -0.2) is 29.4 Å². The predicted octanol–water partition coefficient (Wildman–Crippen LogP) is 3.02. The first-order valence-electron chi connectivity index (χ1n) is 9.35. The number of benzene rings is 1. The summed E-state index contributed by atoms with van der Waals surface area (Å²) >= 11 is 3.08. The fourth-order valence-corrected chi connectivity index (χ4v) is 3.79. The zero-order valence-corrected chi connectivity index (χ0v) is 18.4. The predicted molar refractivity (Wildman–Crippen MR) is 122 cm³/mol. The number of anilines is 1. The highest BCUT2D eigenvalue weighted by Crippen LogP contribution is 2.19. The van der Waals surface area contributed by atoms with Crippen molar-refractivity contribution in [2.75, 3.05) is 18.6 Å². The van der Waals surface area contributed by atoms with Gasteiger partial charge >= 0.3 is 0 Å². The first-order valence-corrected chi connectivity index (χ1v) is 11.4. The van der Waals surface area contributed by atoms with Crippen LogP contribution in [0.4, 0.5) is 5.13 Å². The molecule has 7 nitrogen and oxygen atoms in total. The molecule has 1 heterocycles. The summed E-state index contributed by atoms with van der Waals surface area (Å²) in [6.07, 6.45) is 9.42. The molecule has 156 valence electrons. The number of aromatic nitrogens is 2. The Morgan fingerprint density at radius 1 is 1.24 bits per heavy atom. The van der Waals surface area contributed by atoms with Gasteiger partial charge in [0.15, 0.2) is 0 Å². The maximum atomic E-state index is 12.2. The van der Waals surface area contributed by atoms with Crippen molar-refractivity contribution in [3.63, 3.8) is 0 Å². The van der Waals surface area contributed by atoms with Crippen molar-refractivity contribution in [1.82, 2.24) is 15.5 Å². The lowest BCUT2D eigenvalue weighted by Crippen LogP contribution is -2.14. The molecule has 0 fully saturated rings. The molecule has 0 aliphatic rings. The van der Waals surface area contributed by atoms with Gasteiger partial charge in [0.2, 0.25) is 11.0 Å². The number of hydrogen-bond acceptors (Lipinski definition) is 8. The second-order valence-corrected chi connectivity index (χ2v) is 8.34. The van der Waals surface area contributed by atoms with Crippen LogP contribution in [0.15, 0.2) is 52.8 Å². The summed E-state index contributed by atoms with van der Waals surface area (Å²) in [7, 11) is 1.76. The van der Waals surface area contributed by atoms with Crippen molar-refractivity contribution in [3.05, 3.63) is 58.5 Å². The van der Waals surface area contributed by atoms with E-state index in [1.807, 2.05) is 36.6 Å². The summed E-state index contributed by atoms with van der Waals surface area (Å²) in [5, 5.41) is 15.4. The van der Waals surface area contributed by atoms with Crippen molar-refractivity contribution in [1.29, 1.82) is 0 Å². The van der Waals surface area contributed by atoms with E-state index in [0.717, 1.165) is 46.8 Å². The zero-order chi connectivity index (χ0) is 21.1. The molecule has 1 aromatic carbocycles. The Morgan fingerprint density at radius 2 is 2.07 bits per heavy atom. The standard InChI is InChI=1S/C20H28N6OS2/c1-23-17(22)11-10-15(21)7-3-4-9-19-25-26-20(29-19)24-18(27)13-14-6-5-8-16(12-14)28-2/h5-6,8,10-12,23H,3-4,7,9,13,21-22H2,1-2H3,(H,24,26,27)/b15-10-,17-11+. The summed E-state index contributed by atoms with van der Waals surface area (Å²) in [4.78, 5) is 13.4. The van der Waals surface area contributed by atoms with Gasteiger partial charge in [0.1, 0.15) is 5.01 Å². The molecule has 6 N–H and O–H groups in total. The summed E-state index contributed by atoms with van der Waals surface area (Å²) in [5.74, 6) is 0.492. The Bertz CT molecular complexity index is 862. The van der Waals surface area contributed by atoms with Gasteiger partial charge in [0.05, 0.1) is 12.2 Å². The van der Waals surface area contributed by atoms with Crippen LogP contribution in [0.1, 0.15) is 29.8 Å². The van der Waals surface area contributed by atoms with E-state index in [1.54, 1.807) is 24.9 Å². The summed E-state index contributed by atoms with van der Waals surface area (Å²) in [6.45, 7) is 0. The number of thioether (sulfide) groups is 1. The van der Waals surface area contributed by atoms with Crippen molar-refractivity contribution in [2.45, 2.75) is 37.0 Å². The minimum Gasteiger partial charge on any atom is -0.402 e. The minimum absolute atomic E-state index is 0.0854. The third kappa shape index (κ3) is 8.57. The number of carbonyl (C=O) groups is 1. The van der Waals surface area contributed by atoms with Crippen molar-refractivity contribution in [2.24, 2.45) is 11.5 Å². The number of aryl methyl sites for hydroxylation is 1. The summed E-state index contributed by atoms with van der Waals surface area (Å²) < 4.78 is 0. The normalized spacial score (nSPS) is 12.1. The van der Waals surface area contributed by atoms with Crippen molar-refractivity contribution in [3.8, 4) is 0 Å². The number of carbonyl (C=O) groups excluding carboxylic acids is 1. The molecule has 0 saturated carbocycles. The van der Waals surface area contributed by atoms with Gasteiger partial charge in [-0.1, -0.05) is 23.5 Å². The quantitative estimate of drug-likeness (QED) is 0.245. The molecule has 2 aromatic rings. The number of nitrogens with zero attached hydrogens (tertiary/aromatic N) is 2. The van der Waals surface area contributed by atoms with E-state index in [1.165, 1.54) is 11.3 Å². The molecule has 0 spiro atoms. The highest BCUT2D eigenvalue weighted by Gasteiger charge is 2.09. The van der Waals surface area contributed by atoms with Gasteiger partial charge in [-0.15, -0.1) is 22.0 Å². The second-order valence-electron chi connectivity index (χ2n) is 6.40. The average molecular weight is 433 g/mol. The first-order chi connectivity index (χ1) is 14.0. The molecule has 1 aromatic heterocycles. The molecular weight excluding hydrogens is 404 g/mol. The van der Waals surface area contributed by atoms with Crippen LogP contribution in [0.2, 0.25) is 0 Å². The van der Waals surface area contributed by atoms with E-state index in [-0.39, 0.29) is 5.91 Å². The molecule has 2 rings (SSSR count). The number of nitrogens with two attached hydrogens (primary N) is 2. The van der Waals surface area contributed by atoms with E-state index in [2.05, 4.69) is 20.8 Å². The smallest absolute Gasteiger partial charge is 0.230 e. The fourth-order valence-electron chi connectivity index (χ4n) is 2.51. The van der Waals surface area contributed by atoms with Crippen LogP contribution < -0.4 is 22.1 Å². The van der Waals surface area contributed by atoms with Gasteiger partial charge in [0.25, 0.3) is 0 Å². The number of hydrogen-bond donors (Lipinski definition) is 4. The Morgan fingerprint density at radius 3 is 2.83 bits per heavy atom. The lowest BCUT2D eigenvalue weighted by Gasteiger charge is -2.03. The van der Waals surface area contributed by atoms with Crippen LogP contribution in [0.3, 0.4) is 0 Å². The molecule has 0 aliphatic carbocycles. The van der Waals surface area contributed by atoms with E-state index in [4.69, 9.17) is 11.5 Å². The first kappa shape index (κ1) is 22.8. The van der Waals surface area contributed by atoms with E-state index in [0.29, 0.717) is 17.4 Å². The lowest BCUT2D eigenvalue weighted by atomic mass is 10.1. The number of unbranched alkanes of at least 4 members (excludes halogenated alkanes) is 1. The highest BCUT2D eigenvalue weighted by atomic mass is 32.2. The van der Waals surface area contributed by atoms with Gasteiger partial charge < -0.3 is 22.1 Å². The lowest BCUT2D eigenvalue weighted by molar-refractivity contribution is -0.115. The Hall–Kier alpha value is -2.52. The molecule has 0 saturated heterocycles. The van der Waals surface area contributed by atoms with Gasteiger partial charge in [-0.2, -0.15) is 0 Å². The average Bonchev–Trinajstić information content (AvgIpc) is 3.16. The number of nitrogens with one attached hydrogen (secondary N) is 2. The Balaban J connectivity index is 1.74. The molecule has 0 aliphatic heterocycles. The Labute approximate surface area is 180 Å². The third-order valence-corrected chi connectivity index (χ3v) is 5.71. The maximum absolute atomic E-state index is 12.2. The third-order valence-electron chi connectivity index (χ3n) is 4.08. The SMILES string of the molecule is CN/C(N)=C/C=C(\N)CCCCc1nnc(NC(=O)Cc2cccc(SC)c2)s1. The van der Waals surface area contributed by atoms with Crippen LogP contribution in [-0.2, 0) is 17.6 Å². The zero-order valence-electron chi connectivity index (χ0n) is 16.8. The molecule has 0 bridgehead atoms. The van der Waals surface area contributed by atoms with Gasteiger partial charge in [-0.05, 0) is 55.4 Å². The number of rotatable bonds is 11. The van der Waals surface area contributed by atoms with Crippen LogP contribution in [0.25, 0.3) is 0 Å². The molecular formula is C20H28N6OS2. The maximum Gasteiger partial charge on any atom is 0.230 e. The minimum atomic E-state index is -0.0854. The van der Waals surface area contributed by atoms with E-state index in [9.17, 15) is 4.79 Å².